The molecular weight excluding hydrogens is 310 g/mol. The first-order valence-electron chi connectivity index (χ1n) is 8.54. The average molecular weight is 333 g/mol. The van der Waals surface area contributed by atoms with Crippen molar-refractivity contribution < 1.29 is 24.2 Å². The lowest BCUT2D eigenvalue weighted by atomic mass is 9.98. The molecule has 1 aromatic carbocycles. The molecule has 130 valence electrons. The number of rotatable bonds is 4. The van der Waals surface area contributed by atoms with E-state index in [1.165, 1.54) is 24.2 Å². The van der Waals surface area contributed by atoms with Gasteiger partial charge in [0.25, 0.3) is 5.91 Å². The zero-order valence-electron chi connectivity index (χ0n) is 13.6. The lowest BCUT2D eigenvalue weighted by molar-refractivity contribution is -0.154. The van der Waals surface area contributed by atoms with Crippen LogP contribution in [0.3, 0.4) is 0 Å². The maximum atomic E-state index is 12.6. The van der Waals surface area contributed by atoms with Crippen LogP contribution < -0.4 is 4.74 Å². The molecule has 1 heterocycles. The molecule has 2 aliphatic rings. The Morgan fingerprint density at radius 3 is 2.75 bits per heavy atom. The summed E-state index contributed by atoms with van der Waals surface area (Å²) in [6.45, 7) is 0.708. The Labute approximate surface area is 141 Å². The fraction of sp³-hybridized carbons (Fsp3) is 0.556. The highest BCUT2D eigenvalue weighted by Crippen LogP contribution is 2.24. The van der Waals surface area contributed by atoms with Crippen molar-refractivity contribution in [2.45, 2.75) is 44.3 Å². The Morgan fingerprint density at radius 1 is 1.21 bits per heavy atom. The van der Waals surface area contributed by atoms with E-state index in [-0.39, 0.29) is 25.2 Å². The zero-order valence-corrected chi connectivity index (χ0v) is 13.6. The van der Waals surface area contributed by atoms with Gasteiger partial charge in [-0.15, -0.1) is 0 Å². The maximum absolute atomic E-state index is 12.6. The minimum atomic E-state index is -1.04. The minimum Gasteiger partial charge on any atom is -0.490 e. The second-order valence-electron chi connectivity index (χ2n) is 6.35. The summed E-state index contributed by atoms with van der Waals surface area (Å²) in [5, 5.41) is 9.05. The van der Waals surface area contributed by atoms with Crippen molar-refractivity contribution >= 4 is 11.9 Å². The quantitative estimate of drug-likeness (QED) is 0.915. The van der Waals surface area contributed by atoms with Gasteiger partial charge in [0.1, 0.15) is 5.75 Å². The zero-order chi connectivity index (χ0) is 16.9. The lowest BCUT2D eigenvalue weighted by Crippen LogP contribution is -2.48. The van der Waals surface area contributed by atoms with Gasteiger partial charge >= 0.3 is 5.97 Å². The predicted octanol–water partition coefficient (Wildman–Crippen LogP) is 2.32. The summed E-state index contributed by atoms with van der Waals surface area (Å²) in [6, 6.07) is 7.16. The van der Waals surface area contributed by atoms with Crippen LogP contribution in [0.4, 0.5) is 0 Å². The Balaban J connectivity index is 1.66. The summed E-state index contributed by atoms with van der Waals surface area (Å²) in [5.74, 6) is -0.517. The molecule has 24 heavy (non-hydrogen) atoms. The molecule has 6 heteroatoms. The smallest absolute Gasteiger partial charge is 0.334 e. The molecule has 1 saturated heterocycles. The van der Waals surface area contributed by atoms with Crippen LogP contribution in [0.1, 0.15) is 42.5 Å². The third-order valence-corrected chi connectivity index (χ3v) is 4.57. The van der Waals surface area contributed by atoms with Gasteiger partial charge in [-0.05, 0) is 43.9 Å². The molecule has 6 nitrogen and oxygen atoms in total. The third kappa shape index (κ3) is 4.06. The van der Waals surface area contributed by atoms with E-state index in [0.29, 0.717) is 17.9 Å². The number of aliphatic carboxylic acids is 1. The number of nitrogens with zero attached hydrogens (tertiary/aromatic N) is 1. The predicted molar refractivity (Wildman–Crippen MR) is 87.2 cm³/mol. The van der Waals surface area contributed by atoms with Gasteiger partial charge in [0.2, 0.25) is 0 Å². The number of amides is 1. The largest absolute Gasteiger partial charge is 0.490 e. The van der Waals surface area contributed by atoms with Crippen molar-refractivity contribution in [3.8, 4) is 5.75 Å². The summed E-state index contributed by atoms with van der Waals surface area (Å²) in [7, 11) is 0. The number of benzene rings is 1. The average Bonchev–Trinajstić information content (AvgIpc) is 2.62. The molecule has 1 aromatic rings. The molecule has 1 unspecified atom stereocenters. The Bertz CT molecular complexity index is 597. The van der Waals surface area contributed by atoms with Crippen molar-refractivity contribution in [1.82, 2.24) is 4.90 Å². The molecule has 1 saturated carbocycles. The summed E-state index contributed by atoms with van der Waals surface area (Å²) >= 11 is 0. The molecule has 1 aliphatic carbocycles. The molecule has 1 aliphatic heterocycles. The number of carboxylic acid groups (broad SMARTS) is 1. The summed E-state index contributed by atoms with van der Waals surface area (Å²) in [4.78, 5) is 25.2. The first kappa shape index (κ1) is 16.8. The van der Waals surface area contributed by atoms with Crippen molar-refractivity contribution in [3.05, 3.63) is 29.8 Å². The normalized spacial score (nSPS) is 22.2. The van der Waals surface area contributed by atoms with Crippen LogP contribution in [0.25, 0.3) is 0 Å². The Morgan fingerprint density at radius 2 is 2.00 bits per heavy atom. The standard InChI is InChI=1S/C18H23NO5/c20-17(19-9-10-23-16(12-19)18(21)22)13-5-4-8-15(11-13)24-14-6-2-1-3-7-14/h4-5,8,11,14,16H,1-3,6-7,9-10,12H2,(H,21,22). The number of hydrogen-bond donors (Lipinski definition) is 1. The van der Waals surface area contributed by atoms with Gasteiger partial charge in [0.05, 0.1) is 19.3 Å². The van der Waals surface area contributed by atoms with Crippen LogP contribution in [-0.4, -0.2) is 53.8 Å². The van der Waals surface area contributed by atoms with Crippen LogP contribution >= 0.6 is 0 Å². The topological polar surface area (TPSA) is 76.1 Å². The molecule has 0 bridgehead atoms. The van der Waals surface area contributed by atoms with E-state index in [4.69, 9.17) is 14.6 Å². The number of carbonyl (C=O) groups excluding carboxylic acids is 1. The van der Waals surface area contributed by atoms with Crippen molar-refractivity contribution in [2.24, 2.45) is 0 Å². The molecule has 0 aromatic heterocycles. The first-order chi connectivity index (χ1) is 11.6. The number of morpholine rings is 1. The molecule has 0 radical (unpaired) electrons. The van der Waals surface area contributed by atoms with Gasteiger partial charge in [0.15, 0.2) is 6.10 Å². The molecule has 1 atom stereocenters. The number of carboxylic acids is 1. The van der Waals surface area contributed by atoms with Gasteiger partial charge in [-0.1, -0.05) is 12.5 Å². The summed E-state index contributed by atoms with van der Waals surface area (Å²) in [6.07, 6.45) is 5.03. The Hall–Kier alpha value is -2.08. The van der Waals surface area contributed by atoms with Crippen molar-refractivity contribution in [1.29, 1.82) is 0 Å². The van der Waals surface area contributed by atoms with Crippen LogP contribution in [-0.2, 0) is 9.53 Å². The van der Waals surface area contributed by atoms with Gasteiger partial charge in [-0.25, -0.2) is 4.79 Å². The molecule has 1 amide bonds. The second kappa shape index (κ2) is 7.66. The number of ether oxygens (including phenoxy) is 2. The van der Waals surface area contributed by atoms with Gasteiger partial charge in [0, 0.05) is 12.1 Å². The summed E-state index contributed by atoms with van der Waals surface area (Å²) in [5.41, 5.74) is 0.523. The Kier molecular flexibility index (Phi) is 5.35. The van der Waals surface area contributed by atoms with Gasteiger partial charge in [-0.2, -0.15) is 0 Å². The third-order valence-electron chi connectivity index (χ3n) is 4.57. The van der Waals surface area contributed by atoms with Crippen LogP contribution in [0, 0.1) is 0 Å². The van der Waals surface area contributed by atoms with E-state index < -0.39 is 12.1 Å². The maximum Gasteiger partial charge on any atom is 0.334 e. The van der Waals surface area contributed by atoms with E-state index in [9.17, 15) is 9.59 Å². The fourth-order valence-corrected chi connectivity index (χ4v) is 3.24. The second-order valence-corrected chi connectivity index (χ2v) is 6.35. The van der Waals surface area contributed by atoms with E-state index >= 15 is 0 Å². The highest BCUT2D eigenvalue weighted by Gasteiger charge is 2.29. The van der Waals surface area contributed by atoms with E-state index in [0.717, 1.165) is 12.8 Å². The van der Waals surface area contributed by atoms with Crippen LogP contribution in [0.2, 0.25) is 0 Å². The summed E-state index contributed by atoms with van der Waals surface area (Å²) < 4.78 is 11.2. The monoisotopic (exact) mass is 333 g/mol. The highest BCUT2D eigenvalue weighted by atomic mass is 16.5. The lowest BCUT2D eigenvalue weighted by Gasteiger charge is -2.31. The van der Waals surface area contributed by atoms with E-state index in [1.54, 1.807) is 18.2 Å². The van der Waals surface area contributed by atoms with Crippen LogP contribution in [0.15, 0.2) is 24.3 Å². The molecule has 2 fully saturated rings. The SMILES string of the molecule is O=C(O)C1CN(C(=O)c2cccc(OC3CCCCC3)c2)CCO1. The number of carbonyl (C=O) groups is 2. The fourth-order valence-electron chi connectivity index (χ4n) is 3.24. The van der Waals surface area contributed by atoms with E-state index in [2.05, 4.69) is 0 Å². The first-order valence-corrected chi connectivity index (χ1v) is 8.54. The minimum absolute atomic E-state index is 0.0713. The van der Waals surface area contributed by atoms with Crippen molar-refractivity contribution in [2.75, 3.05) is 19.7 Å². The molecular formula is C18H23NO5. The van der Waals surface area contributed by atoms with Crippen LogP contribution in [0.5, 0.6) is 5.75 Å². The van der Waals surface area contributed by atoms with Gasteiger partial charge in [-0.3, -0.25) is 4.79 Å². The molecule has 0 spiro atoms. The van der Waals surface area contributed by atoms with Gasteiger partial charge < -0.3 is 19.5 Å². The number of hydrogen-bond acceptors (Lipinski definition) is 4. The van der Waals surface area contributed by atoms with Crippen molar-refractivity contribution in [3.63, 3.8) is 0 Å². The highest BCUT2D eigenvalue weighted by molar-refractivity contribution is 5.95. The molecule has 1 N–H and O–H groups in total. The van der Waals surface area contributed by atoms with E-state index in [1.807, 2.05) is 6.07 Å². The molecule has 3 rings (SSSR count).